The highest BCUT2D eigenvalue weighted by molar-refractivity contribution is 5.82. The predicted octanol–water partition coefficient (Wildman–Crippen LogP) is 3.31. The van der Waals surface area contributed by atoms with Crippen LogP contribution in [0, 0.1) is 5.92 Å². The monoisotopic (exact) mass is 345 g/mol. The Labute approximate surface area is 153 Å². The molecule has 4 heteroatoms. The first-order valence-electron chi connectivity index (χ1n) is 9.74. The number of hydrogen-bond acceptors (Lipinski definition) is 3. The Kier molecular flexibility index (Phi) is 7.45. The van der Waals surface area contributed by atoms with Gasteiger partial charge < -0.3 is 11.1 Å². The maximum absolute atomic E-state index is 12.2. The van der Waals surface area contributed by atoms with E-state index in [1.807, 2.05) is 13.8 Å². The molecule has 1 aromatic rings. The Morgan fingerprint density at radius 1 is 1.12 bits per heavy atom. The minimum absolute atomic E-state index is 0.00320. The van der Waals surface area contributed by atoms with Crippen LogP contribution in [0.1, 0.15) is 58.9 Å². The van der Waals surface area contributed by atoms with Crippen LogP contribution < -0.4 is 11.1 Å². The van der Waals surface area contributed by atoms with E-state index < -0.39 is 6.04 Å². The number of nitrogens with zero attached hydrogens (tertiary/aromatic N) is 1. The van der Waals surface area contributed by atoms with E-state index in [1.165, 1.54) is 5.56 Å². The standard InChI is InChI=1S/C21H35N3O/c1-15(2)20(22)21(25)23-18-10-12-19(13-11-18)24(16(3)4)14-17-8-6-5-7-9-17/h5-9,15-16,18-20H,10-14,22H2,1-4H3,(H,23,25)/t18?,19?,20-/m0/s1. The Bertz CT molecular complexity index is 521. The molecule has 0 bridgehead atoms. The van der Waals surface area contributed by atoms with E-state index in [2.05, 4.69) is 54.4 Å². The molecule has 140 valence electrons. The molecule has 0 unspecified atom stereocenters. The zero-order valence-electron chi connectivity index (χ0n) is 16.2. The summed E-state index contributed by atoms with van der Waals surface area (Å²) in [5.41, 5.74) is 7.33. The topological polar surface area (TPSA) is 58.4 Å². The molecule has 0 spiro atoms. The summed E-state index contributed by atoms with van der Waals surface area (Å²) in [5.74, 6) is 0.182. The molecule has 1 aliphatic rings. The quantitative estimate of drug-likeness (QED) is 0.797. The van der Waals surface area contributed by atoms with Gasteiger partial charge in [0.25, 0.3) is 0 Å². The molecule has 1 aliphatic carbocycles. The number of hydrogen-bond donors (Lipinski definition) is 2. The Morgan fingerprint density at radius 3 is 2.24 bits per heavy atom. The highest BCUT2D eigenvalue weighted by Gasteiger charge is 2.29. The van der Waals surface area contributed by atoms with Gasteiger partial charge in [-0.2, -0.15) is 0 Å². The third kappa shape index (κ3) is 5.82. The van der Waals surface area contributed by atoms with Gasteiger partial charge in [-0.15, -0.1) is 0 Å². The normalized spacial score (nSPS) is 22.4. The maximum atomic E-state index is 12.2. The summed E-state index contributed by atoms with van der Waals surface area (Å²) in [5, 5.41) is 3.16. The lowest BCUT2D eigenvalue weighted by Gasteiger charge is -2.39. The van der Waals surface area contributed by atoms with Gasteiger partial charge in [0.1, 0.15) is 0 Å². The first kappa shape index (κ1) is 19.9. The van der Waals surface area contributed by atoms with Crippen molar-refractivity contribution in [2.45, 2.75) is 84.1 Å². The van der Waals surface area contributed by atoms with Crippen molar-refractivity contribution < 1.29 is 4.79 Å². The molecule has 0 aliphatic heterocycles. The number of amides is 1. The summed E-state index contributed by atoms with van der Waals surface area (Å²) in [6, 6.07) is 11.7. The van der Waals surface area contributed by atoms with Crippen LogP contribution in [0.5, 0.6) is 0 Å². The van der Waals surface area contributed by atoms with E-state index in [0.29, 0.717) is 12.1 Å². The molecule has 1 aromatic carbocycles. The van der Waals surface area contributed by atoms with E-state index >= 15 is 0 Å². The molecule has 4 nitrogen and oxygen atoms in total. The summed E-state index contributed by atoms with van der Waals surface area (Å²) >= 11 is 0. The van der Waals surface area contributed by atoms with Crippen molar-refractivity contribution in [1.82, 2.24) is 10.2 Å². The second kappa shape index (κ2) is 9.35. The minimum Gasteiger partial charge on any atom is -0.352 e. The van der Waals surface area contributed by atoms with Crippen molar-refractivity contribution >= 4 is 5.91 Å². The van der Waals surface area contributed by atoms with Crippen molar-refractivity contribution in [3.63, 3.8) is 0 Å². The van der Waals surface area contributed by atoms with E-state index in [0.717, 1.165) is 32.2 Å². The molecular formula is C21H35N3O. The molecule has 1 atom stereocenters. The predicted molar refractivity (Wildman–Crippen MR) is 104 cm³/mol. The SMILES string of the molecule is CC(C)[C@H](N)C(=O)NC1CCC(N(Cc2ccccc2)C(C)C)CC1. The molecular weight excluding hydrogens is 310 g/mol. The van der Waals surface area contributed by atoms with Crippen molar-refractivity contribution in [3.8, 4) is 0 Å². The van der Waals surface area contributed by atoms with Gasteiger partial charge in [-0.3, -0.25) is 9.69 Å². The fourth-order valence-corrected chi connectivity index (χ4v) is 3.68. The zero-order chi connectivity index (χ0) is 18.4. The maximum Gasteiger partial charge on any atom is 0.237 e. The first-order chi connectivity index (χ1) is 11.9. The molecule has 3 N–H and O–H groups in total. The van der Waals surface area contributed by atoms with Crippen LogP contribution in [-0.2, 0) is 11.3 Å². The smallest absolute Gasteiger partial charge is 0.237 e. The lowest BCUT2D eigenvalue weighted by atomic mass is 9.88. The van der Waals surface area contributed by atoms with E-state index in [4.69, 9.17) is 5.73 Å². The first-order valence-corrected chi connectivity index (χ1v) is 9.74. The van der Waals surface area contributed by atoms with Crippen LogP contribution in [-0.4, -0.2) is 35.0 Å². The molecule has 0 saturated heterocycles. The molecule has 1 saturated carbocycles. The average molecular weight is 346 g/mol. The fraction of sp³-hybridized carbons (Fsp3) is 0.667. The van der Waals surface area contributed by atoms with Gasteiger partial charge in [-0.25, -0.2) is 0 Å². The second-order valence-electron chi connectivity index (χ2n) is 8.04. The minimum atomic E-state index is -0.400. The van der Waals surface area contributed by atoms with E-state index in [-0.39, 0.29) is 17.9 Å². The summed E-state index contributed by atoms with van der Waals surface area (Å²) in [6.07, 6.45) is 4.35. The number of benzene rings is 1. The van der Waals surface area contributed by atoms with Gasteiger partial charge in [-0.05, 0) is 51.0 Å². The third-order valence-corrected chi connectivity index (χ3v) is 5.40. The summed E-state index contributed by atoms with van der Waals surface area (Å²) < 4.78 is 0. The van der Waals surface area contributed by atoms with Crippen LogP contribution >= 0.6 is 0 Å². The van der Waals surface area contributed by atoms with E-state index in [1.54, 1.807) is 0 Å². The Morgan fingerprint density at radius 2 is 1.72 bits per heavy atom. The average Bonchev–Trinajstić information content (AvgIpc) is 2.60. The van der Waals surface area contributed by atoms with Crippen molar-refractivity contribution in [2.75, 3.05) is 0 Å². The van der Waals surface area contributed by atoms with Crippen molar-refractivity contribution in [2.24, 2.45) is 11.7 Å². The molecule has 2 rings (SSSR count). The largest absolute Gasteiger partial charge is 0.352 e. The van der Waals surface area contributed by atoms with E-state index in [9.17, 15) is 4.79 Å². The number of nitrogens with one attached hydrogen (secondary N) is 1. The molecule has 25 heavy (non-hydrogen) atoms. The summed E-state index contributed by atoms with van der Waals surface area (Å²) in [4.78, 5) is 14.8. The molecule has 1 fully saturated rings. The highest BCUT2D eigenvalue weighted by atomic mass is 16.2. The van der Waals surface area contributed by atoms with Crippen molar-refractivity contribution in [3.05, 3.63) is 35.9 Å². The van der Waals surface area contributed by atoms with Gasteiger partial charge in [-0.1, -0.05) is 44.2 Å². The number of carbonyl (C=O) groups is 1. The summed E-state index contributed by atoms with van der Waals surface area (Å²) in [7, 11) is 0. The summed E-state index contributed by atoms with van der Waals surface area (Å²) in [6.45, 7) is 9.53. The van der Waals surface area contributed by atoms with Crippen molar-refractivity contribution in [1.29, 1.82) is 0 Å². The van der Waals surface area contributed by atoms with Crippen LogP contribution in [0.3, 0.4) is 0 Å². The number of carbonyl (C=O) groups excluding carboxylic acids is 1. The zero-order valence-corrected chi connectivity index (χ0v) is 16.2. The fourth-order valence-electron chi connectivity index (χ4n) is 3.68. The van der Waals surface area contributed by atoms with Gasteiger partial charge >= 0.3 is 0 Å². The molecule has 1 amide bonds. The van der Waals surface area contributed by atoms with Crippen LogP contribution in [0.4, 0.5) is 0 Å². The molecule has 0 radical (unpaired) electrons. The van der Waals surface area contributed by atoms with Gasteiger partial charge in [0.05, 0.1) is 6.04 Å². The Balaban J connectivity index is 1.87. The Hall–Kier alpha value is -1.39. The number of rotatable bonds is 7. The number of nitrogens with two attached hydrogens (primary N) is 1. The van der Waals surface area contributed by atoms with Gasteiger partial charge in [0.2, 0.25) is 5.91 Å². The highest BCUT2D eigenvalue weighted by Crippen LogP contribution is 2.26. The van der Waals surface area contributed by atoms with Crippen LogP contribution in [0.15, 0.2) is 30.3 Å². The lowest BCUT2D eigenvalue weighted by molar-refractivity contribution is -0.124. The van der Waals surface area contributed by atoms with Gasteiger partial charge in [0, 0.05) is 24.7 Å². The molecule has 0 aromatic heterocycles. The van der Waals surface area contributed by atoms with Crippen LogP contribution in [0.25, 0.3) is 0 Å². The van der Waals surface area contributed by atoms with Crippen LogP contribution in [0.2, 0.25) is 0 Å². The lowest BCUT2D eigenvalue weighted by Crippen LogP contribution is -2.50. The second-order valence-corrected chi connectivity index (χ2v) is 8.04. The molecule has 0 heterocycles. The van der Waals surface area contributed by atoms with Gasteiger partial charge in [0.15, 0.2) is 0 Å². The third-order valence-electron chi connectivity index (χ3n) is 5.40.